The lowest BCUT2D eigenvalue weighted by atomic mass is 10.1. The first-order valence-corrected chi connectivity index (χ1v) is 3.94. The lowest BCUT2D eigenvalue weighted by molar-refractivity contribution is -0.166. The van der Waals surface area contributed by atoms with Crippen LogP contribution in [0.2, 0.25) is 0 Å². The molecule has 0 aliphatic carbocycles. The van der Waals surface area contributed by atoms with Crippen molar-refractivity contribution in [2.75, 3.05) is 0 Å². The van der Waals surface area contributed by atoms with Gasteiger partial charge in [0.1, 0.15) is 12.2 Å². The Bertz CT molecular complexity index is 197. The van der Waals surface area contributed by atoms with Gasteiger partial charge >= 0.3 is 11.9 Å². The van der Waals surface area contributed by atoms with Crippen molar-refractivity contribution in [3.05, 3.63) is 0 Å². The maximum absolute atomic E-state index is 10.9. The quantitative estimate of drug-likeness (QED) is 0.545. The Morgan fingerprint density at radius 3 is 2.83 bits per heavy atom. The van der Waals surface area contributed by atoms with Gasteiger partial charge in [0.15, 0.2) is 0 Å². The number of esters is 2. The van der Waals surface area contributed by atoms with Crippen molar-refractivity contribution in [2.45, 2.75) is 38.9 Å². The summed E-state index contributed by atoms with van der Waals surface area (Å²) in [5.41, 5.74) is 0. The normalized spacial score (nSPS) is 29.3. The summed E-state index contributed by atoms with van der Waals surface area (Å²) < 4.78 is 9.76. The molecule has 1 aliphatic heterocycles. The van der Waals surface area contributed by atoms with E-state index in [1.165, 1.54) is 6.92 Å². The molecule has 0 N–H and O–H groups in total. The first-order valence-electron chi connectivity index (χ1n) is 3.94. The summed E-state index contributed by atoms with van der Waals surface area (Å²) in [6, 6.07) is 0. The SMILES string of the molecule is CC(=O)O[C@H]1CC(=O)O[C@H](C)C1. The van der Waals surface area contributed by atoms with Gasteiger partial charge in [-0.2, -0.15) is 0 Å². The molecule has 1 rings (SSSR count). The summed E-state index contributed by atoms with van der Waals surface area (Å²) in [5.74, 6) is -0.637. The fourth-order valence-corrected chi connectivity index (χ4v) is 1.28. The van der Waals surface area contributed by atoms with E-state index in [4.69, 9.17) is 9.47 Å². The highest BCUT2D eigenvalue weighted by molar-refractivity contribution is 5.72. The van der Waals surface area contributed by atoms with E-state index in [9.17, 15) is 9.59 Å². The lowest BCUT2D eigenvalue weighted by Gasteiger charge is -2.25. The van der Waals surface area contributed by atoms with Crippen molar-refractivity contribution >= 4 is 11.9 Å². The van der Waals surface area contributed by atoms with Gasteiger partial charge in [-0.3, -0.25) is 9.59 Å². The van der Waals surface area contributed by atoms with Crippen molar-refractivity contribution in [1.29, 1.82) is 0 Å². The third-order valence-corrected chi connectivity index (χ3v) is 1.65. The van der Waals surface area contributed by atoms with Crippen molar-refractivity contribution in [3.63, 3.8) is 0 Å². The molecule has 68 valence electrons. The number of cyclic esters (lactones) is 1. The van der Waals surface area contributed by atoms with Crippen molar-refractivity contribution < 1.29 is 19.1 Å². The van der Waals surface area contributed by atoms with Crippen LogP contribution in [0.1, 0.15) is 26.7 Å². The first kappa shape index (κ1) is 9.03. The van der Waals surface area contributed by atoms with E-state index in [1.54, 1.807) is 6.92 Å². The van der Waals surface area contributed by atoms with Gasteiger partial charge in [0.05, 0.1) is 6.42 Å². The average molecular weight is 172 g/mol. The van der Waals surface area contributed by atoms with E-state index in [-0.39, 0.29) is 30.6 Å². The molecule has 0 aromatic carbocycles. The summed E-state index contributed by atoms with van der Waals surface area (Å²) in [6.07, 6.45) is 0.351. The topological polar surface area (TPSA) is 52.6 Å². The van der Waals surface area contributed by atoms with Gasteiger partial charge in [0.2, 0.25) is 0 Å². The van der Waals surface area contributed by atoms with Gasteiger partial charge < -0.3 is 9.47 Å². The molecule has 0 unspecified atom stereocenters. The zero-order chi connectivity index (χ0) is 9.14. The monoisotopic (exact) mass is 172 g/mol. The lowest BCUT2D eigenvalue weighted by Crippen LogP contribution is -2.33. The minimum atomic E-state index is -0.345. The molecule has 1 aliphatic rings. The molecule has 0 aromatic rings. The fourth-order valence-electron chi connectivity index (χ4n) is 1.28. The predicted octanol–water partition coefficient (Wildman–Crippen LogP) is 0.644. The van der Waals surface area contributed by atoms with Crippen LogP contribution in [0.3, 0.4) is 0 Å². The molecular weight excluding hydrogens is 160 g/mol. The fraction of sp³-hybridized carbons (Fsp3) is 0.750. The van der Waals surface area contributed by atoms with Crippen LogP contribution in [0.5, 0.6) is 0 Å². The molecule has 12 heavy (non-hydrogen) atoms. The first-order chi connectivity index (χ1) is 5.58. The molecule has 0 radical (unpaired) electrons. The molecule has 0 bridgehead atoms. The number of hydrogen-bond acceptors (Lipinski definition) is 4. The molecule has 2 atom stereocenters. The smallest absolute Gasteiger partial charge is 0.309 e. The molecule has 1 fully saturated rings. The van der Waals surface area contributed by atoms with E-state index < -0.39 is 0 Å². The number of ether oxygens (including phenoxy) is 2. The van der Waals surface area contributed by atoms with Crippen LogP contribution in [0.25, 0.3) is 0 Å². The summed E-state index contributed by atoms with van der Waals surface area (Å²) in [6.45, 7) is 3.12. The second-order valence-electron chi connectivity index (χ2n) is 2.97. The molecule has 4 nitrogen and oxygen atoms in total. The minimum absolute atomic E-state index is 0.143. The van der Waals surface area contributed by atoms with Gasteiger partial charge in [-0.05, 0) is 6.92 Å². The van der Waals surface area contributed by atoms with Gasteiger partial charge in [-0.15, -0.1) is 0 Å². The van der Waals surface area contributed by atoms with Crippen LogP contribution >= 0.6 is 0 Å². The highest BCUT2D eigenvalue weighted by Gasteiger charge is 2.27. The minimum Gasteiger partial charge on any atom is -0.462 e. The number of carbonyl (C=O) groups is 2. The van der Waals surface area contributed by atoms with Crippen LogP contribution in [-0.4, -0.2) is 24.1 Å². The molecule has 1 saturated heterocycles. The van der Waals surface area contributed by atoms with E-state index in [0.29, 0.717) is 6.42 Å². The third-order valence-electron chi connectivity index (χ3n) is 1.65. The van der Waals surface area contributed by atoms with Gasteiger partial charge in [0.25, 0.3) is 0 Å². The Balaban J connectivity index is 2.44. The van der Waals surface area contributed by atoms with Crippen molar-refractivity contribution in [1.82, 2.24) is 0 Å². The predicted molar refractivity (Wildman–Crippen MR) is 40.3 cm³/mol. The second kappa shape index (κ2) is 3.56. The summed E-state index contributed by atoms with van der Waals surface area (Å²) >= 11 is 0. The molecule has 0 spiro atoms. The van der Waals surface area contributed by atoms with Gasteiger partial charge in [-0.1, -0.05) is 0 Å². The van der Waals surface area contributed by atoms with E-state index in [1.807, 2.05) is 0 Å². The zero-order valence-electron chi connectivity index (χ0n) is 7.20. The molecule has 4 heteroatoms. The standard InChI is InChI=1S/C8H12O4/c1-5-3-7(12-6(2)9)4-8(10)11-5/h5,7H,3-4H2,1-2H3/t5-,7-/m1/s1. The Hall–Kier alpha value is -1.06. The van der Waals surface area contributed by atoms with E-state index in [0.717, 1.165) is 0 Å². The summed E-state index contributed by atoms with van der Waals surface area (Å²) in [7, 11) is 0. The molecular formula is C8H12O4. The van der Waals surface area contributed by atoms with Crippen LogP contribution in [0.4, 0.5) is 0 Å². The highest BCUT2D eigenvalue weighted by atomic mass is 16.6. The summed E-state index contributed by atoms with van der Waals surface area (Å²) in [4.78, 5) is 21.4. The largest absolute Gasteiger partial charge is 0.462 e. The maximum atomic E-state index is 10.9. The Morgan fingerprint density at radius 1 is 1.67 bits per heavy atom. The van der Waals surface area contributed by atoms with Crippen LogP contribution < -0.4 is 0 Å². The number of hydrogen-bond donors (Lipinski definition) is 0. The maximum Gasteiger partial charge on any atom is 0.309 e. The molecule has 0 amide bonds. The van der Waals surface area contributed by atoms with Crippen LogP contribution in [0.15, 0.2) is 0 Å². The van der Waals surface area contributed by atoms with Gasteiger partial charge in [0, 0.05) is 13.3 Å². The van der Waals surface area contributed by atoms with Crippen LogP contribution in [-0.2, 0) is 19.1 Å². The third kappa shape index (κ3) is 2.53. The Kier molecular flexibility index (Phi) is 2.68. The van der Waals surface area contributed by atoms with Crippen LogP contribution in [0, 0.1) is 0 Å². The van der Waals surface area contributed by atoms with Crippen molar-refractivity contribution in [3.8, 4) is 0 Å². The molecule has 0 saturated carbocycles. The second-order valence-corrected chi connectivity index (χ2v) is 2.97. The Morgan fingerprint density at radius 2 is 2.33 bits per heavy atom. The number of rotatable bonds is 1. The zero-order valence-corrected chi connectivity index (χ0v) is 7.20. The average Bonchev–Trinajstić information content (AvgIpc) is 1.81. The Labute approximate surface area is 70.8 Å². The molecule has 1 heterocycles. The van der Waals surface area contributed by atoms with Crippen molar-refractivity contribution in [2.24, 2.45) is 0 Å². The highest BCUT2D eigenvalue weighted by Crippen LogP contribution is 2.17. The van der Waals surface area contributed by atoms with E-state index in [2.05, 4.69) is 0 Å². The molecule has 0 aromatic heterocycles. The number of carbonyl (C=O) groups excluding carboxylic acids is 2. The van der Waals surface area contributed by atoms with E-state index >= 15 is 0 Å². The summed E-state index contributed by atoms with van der Waals surface area (Å²) in [5, 5.41) is 0. The van der Waals surface area contributed by atoms with Gasteiger partial charge in [-0.25, -0.2) is 0 Å².